The zero-order chi connectivity index (χ0) is 8.53. The number of hydrogen-bond donors (Lipinski definition) is 1. The Morgan fingerprint density at radius 2 is 2.18 bits per heavy atom. The maximum atomic E-state index is 5.01. The topological polar surface area (TPSA) is 30.5 Å². The summed E-state index contributed by atoms with van der Waals surface area (Å²) in [5.41, 5.74) is 3.93. The van der Waals surface area contributed by atoms with E-state index in [1.54, 1.807) is 7.11 Å². The molecule has 0 saturated carbocycles. The molecule has 11 heavy (non-hydrogen) atoms. The third-order valence-corrected chi connectivity index (χ3v) is 1.31. The molecule has 0 rings (SSSR count). The van der Waals surface area contributed by atoms with Crippen LogP contribution in [0.3, 0.4) is 0 Å². The second kappa shape index (κ2) is 7.72. The van der Waals surface area contributed by atoms with Crippen LogP contribution >= 0.6 is 0 Å². The van der Waals surface area contributed by atoms with E-state index < -0.39 is 0 Å². The fraction of sp³-hybridized carbons (Fsp3) is 0.750. The van der Waals surface area contributed by atoms with Gasteiger partial charge in [0.2, 0.25) is 0 Å². The van der Waals surface area contributed by atoms with E-state index in [2.05, 4.69) is 19.0 Å². The molecule has 0 radical (unpaired) electrons. The highest BCUT2D eigenvalue weighted by molar-refractivity contribution is 4.93. The van der Waals surface area contributed by atoms with E-state index in [1.807, 2.05) is 0 Å². The maximum absolute atomic E-state index is 5.01. The van der Waals surface area contributed by atoms with E-state index >= 15 is 0 Å². The Bertz CT molecular complexity index is 104. The Hall–Kier alpha value is -0.380. The molecule has 0 aromatic rings. The highest BCUT2D eigenvalue weighted by atomic mass is 16.7. The van der Waals surface area contributed by atoms with Gasteiger partial charge in [-0.3, -0.25) is 4.84 Å². The first kappa shape index (κ1) is 10.6. The maximum Gasteiger partial charge on any atom is 0.0916 e. The minimum Gasteiger partial charge on any atom is -0.382 e. The van der Waals surface area contributed by atoms with E-state index in [1.165, 1.54) is 0 Å². The zero-order valence-corrected chi connectivity index (χ0v) is 7.35. The van der Waals surface area contributed by atoms with Crippen LogP contribution in [0.1, 0.15) is 13.3 Å². The highest BCUT2D eigenvalue weighted by Gasteiger charge is 1.89. The molecule has 0 aromatic carbocycles. The van der Waals surface area contributed by atoms with Crippen molar-refractivity contribution < 1.29 is 9.57 Å². The second-order valence-electron chi connectivity index (χ2n) is 2.27. The third kappa shape index (κ3) is 7.52. The van der Waals surface area contributed by atoms with Crippen molar-refractivity contribution in [2.75, 3.05) is 26.9 Å². The molecule has 0 unspecified atom stereocenters. The van der Waals surface area contributed by atoms with Crippen LogP contribution in [0.25, 0.3) is 0 Å². The van der Waals surface area contributed by atoms with Gasteiger partial charge in [0.1, 0.15) is 0 Å². The normalized spacial score (nSPS) is 10.0. The van der Waals surface area contributed by atoms with Crippen LogP contribution < -0.4 is 5.48 Å². The predicted molar refractivity (Wildman–Crippen MR) is 45.3 cm³/mol. The largest absolute Gasteiger partial charge is 0.382 e. The van der Waals surface area contributed by atoms with Gasteiger partial charge in [0.25, 0.3) is 0 Å². The smallest absolute Gasteiger partial charge is 0.0916 e. The van der Waals surface area contributed by atoms with Crippen molar-refractivity contribution in [2.24, 2.45) is 0 Å². The van der Waals surface area contributed by atoms with Gasteiger partial charge in [-0.2, -0.15) is 5.48 Å². The van der Waals surface area contributed by atoms with Crippen molar-refractivity contribution >= 4 is 0 Å². The second-order valence-corrected chi connectivity index (χ2v) is 2.27. The Labute approximate surface area is 68.3 Å². The zero-order valence-electron chi connectivity index (χ0n) is 7.35. The van der Waals surface area contributed by atoms with Gasteiger partial charge in [0, 0.05) is 13.7 Å². The molecule has 0 atom stereocenters. The molecule has 0 aliphatic heterocycles. The average Bonchev–Trinajstić information content (AvgIpc) is 2.04. The summed E-state index contributed by atoms with van der Waals surface area (Å²) < 4.78 is 4.79. The highest BCUT2D eigenvalue weighted by Crippen LogP contribution is 1.91. The van der Waals surface area contributed by atoms with Crippen LogP contribution in [0.15, 0.2) is 12.2 Å². The molecule has 66 valence electrons. The van der Waals surface area contributed by atoms with E-state index in [-0.39, 0.29) is 0 Å². The molecular weight excluding hydrogens is 142 g/mol. The van der Waals surface area contributed by atoms with Crippen LogP contribution in [0.2, 0.25) is 0 Å². The molecule has 0 aliphatic rings. The predicted octanol–water partition coefficient (Wildman–Crippen LogP) is 1.12. The molecule has 0 amide bonds. The van der Waals surface area contributed by atoms with Gasteiger partial charge in [-0.15, -0.1) is 0 Å². The standard InChI is InChI=1S/C8H17NO2/c1-4-8(2)7-9-11-6-5-10-3/h9H,2,4-7H2,1,3H3. The Morgan fingerprint density at radius 3 is 2.73 bits per heavy atom. The van der Waals surface area contributed by atoms with Crippen molar-refractivity contribution in [2.45, 2.75) is 13.3 Å². The Balaban J connectivity index is 2.95. The lowest BCUT2D eigenvalue weighted by molar-refractivity contribution is 0.0110. The van der Waals surface area contributed by atoms with Gasteiger partial charge in [0.15, 0.2) is 0 Å². The molecule has 1 N–H and O–H groups in total. The molecule has 3 nitrogen and oxygen atoms in total. The number of hydrogen-bond acceptors (Lipinski definition) is 3. The lowest BCUT2D eigenvalue weighted by Crippen LogP contribution is -2.19. The first-order valence-corrected chi connectivity index (χ1v) is 3.81. The number of rotatable bonds is 7. The number of nitrogens with one attached hydrogen (secondary N) is 1. The van der Waals surface area contributed by atoms with E-state index in [9.17, 15) is 0 Å². The van der Waals surface area contributed by atoms with Crippen molar-refractivity contribution in [3.63, 3.8) is 0 Å². The average molecular weight is 159 g/mol. The summed E-state index contributed by atoms with van der Waals surface area (Å²) in [4.78, 5) is 5.01. The fourth-order valence-corrected chi connectivity index (χ4v) is 0.475. The molecular formula is C8H17NO2. The summed E-state index contributed by atoms with van der Waals surface area (Å²) in [6.07, 6.45) is 0.987. The SMILES string of the molecule is C=C(CC)CNOCCOC. The first-order valence-electron chi connectivity index (χ1n) is 3.81. The fourth-order valence-electron chi connectivity index (χ4n) is 0.475. The van der Waals surface area contributed by atoms with Gasteiger partial charge in [-0.25, -0.2) is 0 Å². The van der Waals surface area contributed by atoms with Gasteiger partial charge in [0.05, 0.1) is 13.2 Å². The lowest BCUT2D eigenvalue weighted by Gasteiger charge is -2.05. The van der Waals surface area contributed by atoms with Gasteiger partial charge in [-0.05, 0) is 6.42 Å². The molecule has 3 heteroatoms. The van der Waals surface area contributed by atoms with Crippen molar-refractivity contribution in [3.05, 3.63) is 12.2 Å². The first-order chi connectivity index (χ1) is 5.31. The van der Waals surface area contributed by atoms with Crippen molar-refractivity contribution in [3.8, 4) is 0 Å². The molecule has 0 spiro atoms. The summed E-state index contributed by atoms with van der Waals surface area (Å²) in [7, 11) is 1.65. The quantitative estimate of drug-likeness (QED) is 0.343. The minimum absolute atomic E-state index is 0.577. The third-order valence-electron chi connectivity index (χ3n) is 1.31. The molecule has 0 heterocycles. The van der Waals surface area contributed by atoms with Crippen LogP contribution in [0, 0.1) is 0 Å². The van der Waals surface area contributed by atoms with Crippen LogP contribution in [0.4, 0.5) is 0 Å². The van der Waals surface area contributed by atoms with Crippen LogP contribution in [-0.2, 0) is 9.57 Å². The summed E-state index contributed by atoms with van der Waals surface area (Å²) in [6, 6.07) is 0. The van der Waals surface area contributed by atoms with E-state index in [0.717, 1.165) is 18.5 Å². The molecule has 0 fully saturated rings. The van der Waals surface area contributed by atoms with Crippen LogP contribution in [0.5, 0.6) is 0 Å². The molecule has 0 aromatic heterocycles. The van der Waals surface area contributed by atoms with E-state index in [4.69, 9.17) is 9.57 Å². The monoisotopic (exact) mass is 159 g/mol. The Kier molecular flexibility index (Phi) is 7.46. The van der Waals surface area contributed by atoms with Gasteiger partial charge >= 0.3 is 0 Å². The van der Waals surface area contributed by atoms with Crippen molar-refractivity contribution in [1.82, 2.24) is 5.48 Å². The summed E-state index contributed by atoms with van der Waals surface area (Å²) in [5, 5.41) is 0. The molecule has 0 aliphatic carbocycles. The van der Waals surface area contributed by atoms with Gasteiger partial charge < -0.3 is 4.74 Å². The number of hydroxylamine groups is 1. The molecule has 0 bridgehead atoms. The lowest BCUT2D eigenvalue weighted by atomic mass is 10.2. The van der Waals surface area contributed by atoms with Gasteiger partial charge in [-0.1, -0.05) is 19.1 Å². The summed E-state index contributed by atoms with van der Waals surface area (Å²) in [5.74, 6) is 0. The molecule has 0 saturated heterocycles. The van der Waals surface area contributed by atoms with Crippen molar-refractivity contribution in [1.29, 1.82) is 0 Å². The number of methoxy groups -OCH3 is 1. The Morgan fingerprint density at radius 1 is 1.45 bits per heavy atom. The van der Waals surface area contributed by atoms with E-state index in [0.29, 0.717) is 13.2 Å². The summed E-state index contributed by atoms with van der Waals surface area (Å²) in [6.45, 7) is 7.80. The minimum atomic E-state index is 0.577. The van der Waals surface area contributed by atoms with Crippen LogP contribution in [-0.4, -0.2) is 26.9 Å². The summed E-state index contributed by atoms with van der Waals surface area (Å²) >= 11 is 0. The number of ether oxygens (including phenoxy) is 1.